The van der Waals surface area contributed by atoms with Gasteiger partial charge in [-0.05, 0) is 69.6 Å². The van der Waals surface area contributed by atoms with E-state index in [1.54, 1.807) is 12.1 Å². The van der Waals surface area contributed by atoms with E-state index in [4.69, 9.17) is 4.98 Å². The molecule has 29 heavy (non-hydrogen) atoms. The van der Waals surface area contributed by atoms with Gasteiger partial charge in [0.2, 0.25) is 5.91 Å². The molecule has 152 valence electrons. The summed E-state index contributed by atoms with van der Waals surface area (Å²) in [4.78, 5) is 19.9. The van der Waals surface area contributed by atoms with Gasteiger partial charge in [-0.1, -0.05) is 12.1 Å². The number of carbonyl (C=O) groups is 1. The molecule has 5 nitrogen and oxygen atoms in total. The summed E-state index contributed by atoms with van der Waals surface area (Å²) < 4.78 is 15.4. The molecule has 4 rings (SSSR count). The molecule has 0 spiro atoms. The molecule has 1 fully saturated rings. The zero-order chi connectivity index (χ0) is 20.4. The first kappa shape index (κ1) is 19.6. The number of benzene rings is 2. The van der Waals surface area contributed by atoms with E-state index in [0.717, 1.165) is 42.8 Å². The second-order valence-electron chi connectivity index (χ2n) is 8.05. The summed E-state index contributed by atoms with van der Waals surface area (Å²) in [5, 5.41) is 2.92. The van der Waals surface area contributed by atoms with Crippen molar-refractivity contribution < 1.29 is 9.18 Å². The molecular formula is C23H27FN4O. The molecule has 2 aromatic carbocycles. The number of amides is 1. The molecule has 0 aliphatic carbocycles. The third-order valence-corrected chi connectivity index (χ3v) is 5.54. The Labute approximate surface area is 170 Å². The maximum Gasteiger partial charge on any atom is 0.228 e. The van der Waals surface area contributed by atoms with Crippen molar-refractivity contribution in [3.05, 3.63) is 60.2 Å². The smallest absolute Gasteiger partial charge is 0.228 e. The monoisotopic (exact) mass is 394 g/mol. The number of para-hydroxylation sites is 2. The van der Waals surface area contributed by atoms with Gasteiger partial charge in [-0.25, -0.2) is 9.37 Å². The Morgan fingerprint density at radius 2 is 1.97 bits per heavy atom. The molecule has 1 atom stereocenters. The molecule has 0 unspecified atom stereocenters. The molecule has 1 aliphatic rings. The summed E-state index contributed by atoms with van der Waals surface area (Å²) in [7, 11) is 0. The fourth-order valence-corrected chi connectivity index (χ4v) is 4.17. The number of aromatic nitrogens is 2. The summed E-state index contributed by atoms with van der Waals surface area (Å²) in [6.07, 6.45) is 1.84. The van der Waals surface area contributed by atoms with Crippen LogP contribution in [0.15, 0.2) is 48.5 Å². The number of rotatable bonds is 5. The minimum absolute atomic E-state index is 0.00123. The molecule has 0 radical (unpaired) electrons. The Morgan fingerprint density at radius 3 is 2.72 bits per heavy atom. The number of piperidine rings is 1. The van der Waals surface area contributed by atoms with Crippen LogP contribution in [0.4, 0.5) is 10.1 Å². The number of likely N-dealkylation sites (tertiary alicyclic amines) is 1. The van der Waals surface area contributed by atoms with Gasteiger partial charge < -0.3 is 9.88 Å². The van der Waals surface area contributed by atoms with E-state index >= 15 is 0 Å². The Bertz CT molecular complexity index is 996. The number of nitrogens with zero attached hydrogens (tertiary/aromatic N) is 3. The first-order valence-electron chi connectivity index (χ1n) is 10.3. The van der Waals surface area contributed by atoms with E-state index in [9.17, 15) is 9.18 Å². The highest BCUT2D eigenvalue weighted by atomic mass is 19.1. The zero-order valence-electron chi connectivity index (χ0n) is 16.9. The minimum atomic E-state index is -0.306. The molecule has 6 heteroatoms. The average Bonchev–Trinajstić information content (AvgIpc) is 3.08. The van der Waals surface area contributed by atoms with Crippen molar-refractivity contribution in [1.82, 2.24) is 14.5 Å². The molecule has 2 heterocycles. The van der Waals surface area contributed by atoms with E-state index in [1.165, 1.54) is 12.1 Å². The highest BCUT2D eigenvalue weighted by Gasteiger charge is 2.27. The maximum atomic E-state index is 13.1. The predicted octanol–water partition coefficient (Wildman–Crippen LogP) is 4.61. The van der Waals surface area contributed by atoms with Crippen LogP contribution in [0.5, 0.6) is 0 Å². The van der Waals surface area contributed by atoms with Crippen LogP contribution >= 0.6 is 0 Å². The van der Waals surface area contributed by atoms with Gasteiger partial charge in [-0.2, -0.15) is 0 Å². The average molecular weight is 394 g/mol. The summed E-state index contributed by atoms with van der Waals surface area (Å²) >= 11 is 0. The second kappa shape index (κ2) is 8.33. The number of hydrogen-bond acceptors (Lipinski definition) is 3. The molecule has 1 saturated heterocycles. The van der Waals surface area contributed by atoms with Gasteiger partial charge in [-0.3, -0.25) is 9.69 Å². The lowest BCUT2D eigenvalue weighted by atomic mass is 9.97. The quantitative estimate of drug-likeness (QED) is 0.688. The lowest BCUT2D eigenvalue weighted by Crippen LogP contribution is -2.40. The predicted molar refractivity (Wildman–Crippen MR) is 113 cm³/mol. The highest BCUT2D eigenvalue weighted by molar-refractivity contribution is 5.92. The number of fused-ring (bicyclic) bond motifs is 1. The van der Waals surface area contributed by atoms with Gasteiger partial charge in [-0.15, -0.1) is 0 Å². The van der Waals surface area contributed by atoms with Crippen LogP contribution in [0.3, 0.4) is 0 Å². The molecular weight excluding hydrogens is 367 g/mol. The molecule has 3 aromatic rings. The van der Waals surface area contributed by atoms with E-state index in [-0.39, 0.29) is 17.6 Å². The SMILES string of the molecule is CC(C)n1c(CN2CCC[C@H](C(=O)Nc3ccc(F)cc3)C2)nc2ccccc21. The Morgan fingerprint density at radius 1 is 1.21 bits per heavy atom. The summed E-state index contributed by atoms with van der Waals surface area (Å²) in [6.45, 7) is 6.74. The van der Waals surface area contributed by atoms with Gasteiger partial charge in [0.15, 0.2) is 0 Å². The van der Waals surface area contributed by atoms with Crippen LogP contribution in [0.25, 0.3) is 11.0 Å². The van der Waals surface area contributed by atoms with Crippen molar-refractivity contribution in [2.45, 2.75) is 39.3 Å². The summed E-state index contributed by atoms with van der Waals surface area (Å²) in [5.41, 5.74) is 2.80. The molecule has 1 aliphatic heterocycles. The fourth-order valence-electron chi connectivity index (χ4n) is 4.17. The van der Waals surface area contributed by atoms with Gasteiger partial charge >= 0.3 is 0 Å². The Hall–Kier alpha value is -2.73. The minimum Gasteiger partial charge on any atom is -0.326 e. The van der Waals surface area contributed by atoms with Crippen LogP contribution < -0.4 is 5.32 Å². The van der Waals surface area contributed by atoms with Crippen molar-refractivity contribution >= 4 is 22.6 Å². The summed E-state index contributed by atoms with van der Waals surface area (Å²) in [6, 6.07) is 14.5. The third kappa shape index (κ3) is 4.32. The Balaban J connectivity index is 1.46. The van der Waals surface area contributed by atoms with Gasteiger partial charge in [0.1, 0.15) is 11.6 Å². The number of anilines is 1. The number of nitrogens with one attached hydrogen (secondary N) is 1. The number of halogens is 1. The van der Waals surface area contributed by atoms with Crippen molar-refractivity contribution in [3.63, 3.8) is 0 Å². The van der Waals surface area contributed by atoms with Gasteiger partial charge in [0.05, 0.1) is 23.5 Å². The van der Waals surface area contributed by atoms with Crippen LogP contribution in [0.1, 0.15) is 38.6 Å². The lowest BCUT2D eigenvalue weighted by molar-refractivity contribution is -0.121. The molecule has 1 N–H and O–H groups in total. The first-order chi connectivity index (χ1) is 14.0. The van der Waals surface area contributed by atoms with Crippen LogP contribution in [0.2, 0.25) is 0 Å². The van der Waals surface area contributed by atoms with Crippen molar-refractivity contribution in [2.75, 3.05) is 18.4 Å². The van der Waals surface area contributed by atoms with Crippen molar-refractivity contribution in [1.29, 1.82) is 0 Å². The van der Waals surface area contributed by atoms with Crippen molar-refractivity contribution in [2.24, 2.45) is 5.92 Å². The highest BCUT2D eigenvalue weighted by Crippen LogP contribution is 2.25. The van der Waals surface area contributed by atoms with Crippen LogP contribution in [0, 0.1) is 11.7 Å². The molecule has 0 saturated carbocycles. The normalized spacial score (nSPS) is 17.7. The second-order valence-corrected chi connectivity index (χ2v) is 8.05. The van der Waals surface area contributed by atoms with Crippen molar-refractivity contribution in [3.8, 4) is 0 Å². The topological polar surface area (TPSA) is 50.2 Å². The molecule has 1 aromatic heterocycles. The van der Waals surface area contributed by atoms with E-state index in [1.807, 2.05) is 18.2 Å². The van der Waals surface area contributed by atoms with Gasteiger partial charge in [0, 0.05) is 18.3 Å². The number of hydrogen-bond donors (Lipinski definition) is 1. The van der Waals surface area contributed by atoms with Gasteiger partial charge in [0.25, 0.3) is 0 Å². The molecule has 1 amide bonds. The van der Waals surface area contributed by atoms with Crippen LogP contribution in [-0.4, -0.2) is 33.4 Å². The van der Waals surface area contributed by atoms with Crippen LogP contribution in [-0.2, 0) is 11.3 Å². The standard InChI is InChI=1S/C23H27FN4O/c1-16(2)28-21-8-4-3-7-20(21)26-22(28)15-27-13-5-6-17(14-27)23(29)25-19-11-9-18(24)10-12-19/h3-4,7-12,16-17H,5-6,13-15H2,1-2H3,(H,25,29)/t17-/m0/s1. The lowest BCUT2D eigenvalue weighted by Gasteiger charge is -2.32. The van der Waals surface area contributed by atoms with E-state index < -0.39 is 0 Å². The number of carbonyl (C=O) groups excluding carboxylic acids is 1. The van der Waals surface area contributed by atoms with E-state index in [0.29, 0.717) is 18.3 Å². The van der Waals surface area contributed by atoms with E-state index in [2.05, 4.69) is 34.7 Å². The fraction of sp³-hybridized carbons (Fsp3) is 0.391. The summed E-state index contributed by atoms with van der Waals surface area (Å²) in [5.74, 6) is 0.657. The zero-order valence-corrected chi connectivity index (χ0v) is 16.9. The largest absolute Gasteiger partial charge is 0.326 e. The number of imidazole rings is 1. The Kier molecular flexibility index (Phi) is 5.62. The maximum absolute atomic E-state index is 13.1. The molecule has 0 bridgehead atoms. The first-order valence-corrected chi connectivity index (χ1v) is 10.3. The third-order valence-electron chi connectivity index (χ3n) is 5.54.